The van der Waals surface area contributed by atoms with Crippen molar-refractivity contribution in [2.24, 2.45) is 0 Å². The minimum atomic E-state index is -0.236. The van der Waals surface area contributed by atoms with Crippen LogP contribution in [0.5, 0.6) is 11.5 Å². The van der Waals surface area contributed by atoms with E-state index in [9.17, 15) is 9.90 Å². The number of amides is 1. The number of hydrogen-bond acceptors (Lipinski definition) is 3. The number of phenols is 1. The van der Waals surface area contributed by atoms with E-state index in [1.807, 2.05) is 42.5 Å². The maximum absolute atomic E-state index is 12.0. The molecule has 0 aliphatic carbocycles. The van der Waals surface area contributed by atoms with E-state index in [0.717, 1.165) is 16.5 Å². The molecular weight excluding hydrogens is 302 g/mol. The fourth-order valence-electron chi connectivity index (χ4n) is 2.43. The van der Waals surface area contributed by atoms with Gasteiger partial charge < -0.3 is 15.2 Å². The molecule has 0 bridgehead atoms. The van der Waals surface area contributed by atoms with Gasteiger partial charge in [0.2, 0.25) is 5.91 Å². The number of carbonyl (C=O) groups excluding carboxylic acids is 1. The van der Waals surface area contributed by atoms with Crippen LogP contribution in [0.15, 0.2) is 66.7 Å². The van der Waals surface area contributed by atoms with Crippen LogP contribution in [0.4, 0.5) is 5.69 Å². The van der Waals surface area contributed by atoms with Gasteiger partial charge in [-0.1, -0.05) is 36.4 Å². The average molecular weight is 319 g/mol. The Morgan fingerprint density at radius 2 is 1.83 bits per heavy atom. The first-order chi connectivity index (χ1) is 11.7. The standard InChI is InChI=1S/C20H17NO3/c1-24-19-10-6-14(12-18(19)22)7-11-20(23)21-17-9-8-15-4-2-3-5-16(15)13-17/h2-13,22H,1H3,(H,21,23)/b11-7+. The predicted molar refractivity (Wildman–Crippen MR) is 96.3 cm³/mol. The molecule has 1 amide bonds. The molecule has 3 aromatic carbocycles. The number of carbonyl (C=O) groups is 1. The van der Waals surface area contributed by atoms with Crippen molar-refractivity contribution >= 4 is 28.4 Å². The lowest BCUT2D eigenvalue weighted by Gasteiger charge is -2.05. The summed E-state index contributed by atoms with van der Waals surface area (Å²) >= 11 is 0. The van der Waals surface area contributed by atoms with Crippen LogP contribution < -0.4 is 10.1 Å². The van der Waals surface area contributed by atoms with Crippen LogP contribution in [0.2, 0.25) is 0 Å². The second-order valence-corrected chi connectivity index (χ2v) is 5.32. The number of methoxy groups -OCH3 is 1. The van der Waals surface area contributed by atoms with E-state index < -0.39 is 0 Å². The van der Waals surface area contributed by atoms with Crippen molar-refractivity contribution in [1.29, 1.82) is 0 Å². The molecule has 0 aliphatic rings. The second-order valence-electron chi connectivity index (χ2n) is 5.32. The molecule has 0 saturated carbocycles. The van der Waals surface area contributed by atoms with Gasteiger partial charge >= 0.3 is 0 Å². The summed E-state index contributed by atoms with van der Waals surface area (Å²) < 4.78 is 4.99. The van der Waals surface area contributed by atoms with Crippen LogP contribution in [0.3, 0.4) is 0 Å². The van der Waals surface area contributed by atoms with Crippen molar-refractivity contribution < 1.29 is 14.6 Å². The molecule has 0 atom stereocenters. The number of aromatic hydroxyl groups is 1. The summed E-state index contributed by atoms with van der Waals surface area (Å²) in [7, 11) is 1.49. The molecule has 3 rings (SSSR count). The average Bonchev–Trinajstić information content (AvgIpc) is 2.60. The fraction of sp³-hybridized carbons (Fsp3) is 0.0500. The van der Waals surface area contributed by atoms with Crippen LogP contribution >= 0.6 is 0 Å². The highest BCUT2D eigenvalue weighted by Gasteiger charge is 2.02. The van der Waals surface area contributed by atoms with Gasteiger partial charge in [0, 0.05) is 11.8 Å². The molecule has 4 nitrogen and oxygen atoms in total. The highest BCUT2D eigenvalue weighted by molar-refractivity contribution is 6.03. The molecule has 0 saturated heterocycles. The number of anilines is 1. The van der Waals surface area contributed by atoms with Crippen molar-refractivity contribution in [3.8, 4) is 11.5 Å². The lowest BCUT2D eigenvalue weighted by Crippen LogP contribution is -2.07. The first kappa shape index (κ1) is 15.6. The number of phenolic OH excluding ortho intramolecular Hbond substituents is 1. The third-order valence-electron chi connectivity index (χ3n) is 3.65. The Bertz CT molecular complexity index is 916. The van der Waals surface area contributed by atoms with Crippen LogP contribution in [0, 0.1) is 0 Å². The van der Waals surface area contributed by atoms with Gasteiger partial charge in [-0.2, -0.15) is 0 Å². The minimum absolute atomic E-state index is 0.0367. The van der Waals surface area contributed by atoms with Crippen LogP contribution in [-0.2, 0) is 4.79 Å². The van der Waals surface area contributed by atoms with Gasteiger partial charge in [-0.25, -0.2) is 0 Å². The van der Waals surface area contributed by atoms with E-state index in [2.05, 4.69) is 5.32 Å². The molecule has 3 aromatic rings. The Labute approximate surface area is 140 Å². The molecule has 0 spiro atoms. The number of nitrogens with one attached hydrogen (secondary N) is 1. The van der Waals surface area contributed by atoms with Gasteiger partial charge in [-0.05, 0) is 46.7 Å². The third kappa shape index (κ3) is 3.55. The van der Waals surface area contributed by atoms with Crippen molar-refractivity contribution in [2.45, 2.75) is 0 Å². The van der Waals surface area contributed by atoms with Gasteiger partial charge in [-0.15, -0.1) is 0 Å². The molecule has 0 aromatic heterocycles. The molecule has 0 fully saturated rings. The Balaban J connectivity index is 1.71. The fourth-order valence-corrected chi connectivity index (χ4v) is 2.43. The maximum Gasteiger partial charge on any atom is 0.248 e. The predicted octanol–water partition coefficient (Wildman–Crippen LogP) is 4.21. The SMILES string of the molecule is COc1ccc(/C=C/C(=O)Nc2ccc3ccccc3c2)cc1O. The lowest BCUT2D eigenvalue weighted by molar-refractivity contribution is -0.111. The van der Waals surface area contributed by atoms with Gasteiger partial charge in [0.1, 0.15) is 0 Å². The first-order valence-corrected chi connectivity index (χ1v) is 7.50. The van der Waals surface area contributed by atoms with Crippen LogP contribution in [0.25, 0.3) is 16.8 Å². The van der Waals surface area contributed by atoms with Gasteiger partial charge in [0.15, 0.2) is 11.5 Å². The number of fused-ring (bicyclic) bond motifs is 1. The minimum Gasteiger partial charge on any atom is -0.504 e. The normalized spacial score (nSPS) is 10.9. The highest BCUT2D eigenvalue weighted by Crippen LogP contribution is 2.26. The molecule has 0 radical (unpaired) electrons. The summed E-state index contributed by atoms with van der Waals surface area (Å²) in [5.41, 5.74) is 1.45. The molecule has 4 heteroatoms. The number of rotatable bonds is 4. The number of ether oxygens (including phenoxy) is 1. The van der Waals surface area contributed by atoms with E-state index in [1.54, 1.807) is 24.3 Å². The molecule has 0 heterocycles. The van der Waals surface area contributed by atoms with Gasteiger partial charge in [-0.3, -0.25) is 4.79 Å². The zero-order chi connectivity index (χ0) is 16.9. The highest BCUT2D eigenvalue weighted by atomic mass is 16.5. The van der Waals surface area contributed by atoms with Crippen molar-refractivity contribution in [3.05, 3.63) is 72.3 Å². The first-order valence-electron chi connectivity index (χ1n) is 7.50. The smallest absolute Gasteiger partial charge is 0.248 e. The largest absolute Gasteiger partial charge is 0.504 e. The van der Waals surface area contributed by atoms with E-state index >= 15 is 0 Å². The monoisotopic (exact) mass is 319 g/mol. The van der Waals surface area contributed by atoms with Crippen molar-refractivity contribution in [1.82, 2.24) is 0 Å². The lowest BCUT2D eigenvalue weighted by atomic mass is 10.1. The summed E-state index contributed by atoms with van der Waals surface area (Å²) in [5, 5.41) is 14.8. The quantitative estimate of drug-likeness (QED) is 0.708. The van der Waals surface area contributed by atoms with Crippen molar-refractivity contribution in [2.75, 3.05) is 12.4 Å². The molecule has 24 heavy (non-hydrogen) atoms. The van der Waals surface area contributed by atoms with Crippen LogP contribution in [-0.4, -0.2) is 18.1 Å². The topological polar surface area (TPSA) is 58.6 Å². The Kier molecular flexibility index (Phi) is 4.47. The molecule has 0 aliphatic heterocycles. The maximum atomic E-state index is 12.0. The summed E-state index contributed by atoms with van der Waals surface area (Å²) in [5.74, 6) is 0.197. The van der Waals surface area contributed by atoms with E-state index in [-0.39, 0.29) is 11.7 Å². The summed E-state index contributed by atoms with van der Waals surface area (Å²) in [6.07, 6.45) is 3.06. The van der Waals surface area contributed by atoms with Gasteiger partial charge in [0.25, 0.3) is 0 Å². The number of benzene rings is 3. The zero-order valence-corrected chi connectivity index (χ0v) is 13.2. The van der Waals surface area contributed by atoms with E-state index in [1.165, 1.54) is 13.2 Å². The third-order valence-corrected chi connectivity index (χ3v) is 3.65. The Morgan fingerprint density at radius 3 is 2.58 bits per heavy atom. The summed E-state index contributed by atoms with van der Waals surface area (Å²) in [6, 6.07) is 18.7. The summed E-state index contributed by atoms with van der Waals surface area (Å²) in [4.78, 5) is 12.0. The Hall–Kier alpha value is -3.27. The second kappa shape index (κ2) is 6.87. The van der Waals surface area contributed by atoms with Gasteiger partial charge in [0.05, 0.1) is 7.11 Å². The number of hydrogen-bond donors (Lipinski definition) is 2. The molecule has 0 unspecified atom stereocenters. The van der Waals surface area contributed by atoms with E-state index in [0.29, 0.717) is 11.3 Å². The van der Waals surface area contributed by atoms with Crippen molar-refractivity contribution in [3.63, 3.8) is 0 Å². The van der Waals surface area contributed by atoms with Crippen LogP contribution in [0.1, 0.15) is 5.56 Å². The Morgan fingerprint density at radius 1 is 1.04 bits per heavy atom. The van der Waals surface area contributed by atoms with E-state index in [4.69, 9.17) is 4.74 Å². The molecule has 2 N–H and O–H groups in total. The molecule has 120 valence electrons. The molecular formula is C20H17NO3. The zero-order valence-electron chi connectivity index (χ0n) is 13.2. The summed E-state index contributed by atoms with van der Waals surface area (Å²) in [6.45, 7) is 0.